The second kappa shape index (κ2) is 8.54. The van der Waals surface area contributed by atoms with Gasteiger partial charge in [0.15, 0.2) is 0 Å². The van der Waals surface area contributed by atoms with Crippen LogP contribution in [0.25, 0.3) is 0 Å². The Hall–Kier alpha value is -0.0600. The lowest BCUT2D eigenvalue weighted by molar-refractivity contribution is 0.146. The average molecular weight is 420 g/mol. The Bertz CT molecular complexity index is 442. The predicted molar refractivity (Wildman–Crippen MR) is 94.3 cm³/mol. The zero-order valence-corrected chi connectivity index (χ0v) is 16.0. The summed E-state index contributed by atoms with van der Waals surface area (Å²) in [5.41, 5.74) is 1.33. The molecule has 0 radical (unpaired) electrons. The molecule has 1 aromatic carbocycles. The van der Waals surface area contributed by atoms with Crippen molar-refractivity contribution in [2.45, 2.75) is 37.4 Å². The molecule has 0 bridgehead atoms. The van der Waals surface area contributed by atoms with Crippen molar-refractivity contribution in [2.24, 2.45) is 11.8 Å². The molecule has 0 saturated heterocycles. The van der Waals surface area contributed by atoms with E-state index in [1.54, 1.807) is 7.11 Å². The van der Waals surface area contributed by atoms with Gasteiger partial charge in [-0.1, -0.05) is 41.8 Å². The molecule has 1 atom stereocenters. The number of methoxy groups -OCH3 is 1. The summed E-state index contributed by atoms with van der Waals surface area (Å²) in [5, 5.41) is 0. The molecular formula is C17H24Br2O2. The van der Waals surface area contributed by atoms with Gasteiger partial charge in [0.1, 0.15) is 12.4 Å². The fraction of sp³-hybridized carbons (Fsp3) is 0.647. The van der Waals surface area contributed by atoms with Crippen molar-refractivity contribution in [1.29, 1.82) is 0 Å². The SMILES string of the molecule is COCCOc1ccc(C(Br)C2CCC(C)CC2)cc1Br. The third kappa shape index (κ3) is 4.97. The Morgan fingerprint density at radius 1 is 1.19 bits per heavy atom. The van der Waals surface area contributed by atoms with Gasteiger partial charge in [-0.15, -0.1) is 0 Å². The van der Waals surface area contributed by atoms with Gasteiger partial charge < -0.3 is 9.47 Å². The van der Waals surface area contributed by atoms with Crippen LogP contribution in [0.15, 0.2) is 22.7 Å². The first-order valence-corrected chi connectivity index (χ1v) is 9.38. The molecule has 1 fully saturated rings. The number of alkyl halides is 1. The van der Waals surface area contributed by atoms with E-state index in [9.17, 15) is 0 Å². The van der Waals surface area contributed by atoms with Crippen molar-refractivity contribution in [3.63, 3.8) is 0 Å². The third-order valence-corrected chi connectivity index (χ3v) is 6.19. The molecule has 0 amide bonds. The van der Waals surface area contributed by atoms with Crippen molar-refractivity contribution in [2.75, 3.05) is 20.3 Å². The largest absolute Gasteiger partial charge is 0.490 e. The second-order valence-corrected chi connectivity index (χ2v) is 7.79. The quantitative estimate of drug-likeness (QED) is 0.432. The van der Waals surface area contributed by atoms with Gasteiger partial charge in [-0.25, -0.2) is 0 Å². The molecule has 0 spiro atoms. The van der Waals surface area contributed by atoms with Gasteiger partial charge >= 0.3 is 0 Å². The summed E-state index contributed by atoms with van der Waals surface area (Å²) in [4.78, 5) is 0.439. The van der Waals surface area contributed by atoms with Crippen LogP contribution < -0.4 is 4.74 Å². The maximum absolute atomic E-state index is 5.68. The molecule has 1 unspecified atom stereocenters. The van der Waals surface area contributed by atoms with E-state index in [-0.39, 0.29) is 0 Å². The molecule has 0 aliphatic heterocycles. The summed E-state index contributed by atoms with van der Waals surface area (Å²) in [6.07, 6.45) is 5.35. The number of ether oxygens (including phenoxy) is 2. The molecule has 1 aliphatic carbocycles. The highest BCUT2D eigenvalue weighted by atomic mass is 79.9. The van der Waals surface area contributed by atoms with E-state index in [4.69, 9.17) is 9.47 Å². The number of halogens is 2. The van der Waals surface area contributed by atoms with Crippen LogP contribution in [0.5, 0.6) is 5.75 Å². The Balaban J connectivity index is 1.98. The first-order valence-electron chi connectivity index (χ1n) is 7.67. The lowest BCUT2D eigenvalue weighted by Gasteiger charge is -2.30. The fourth-order valence-corrected chi connectivity index (χ4v) is 4.22. The van der Waals surface area contributed by atoms with E-state index in [0.717, 1.165) is 22.1 Å². The zero-order valence-electron chi connectivity index (χ0n) is 12.8. The summed E-state index contributed by atoms with van der Waals surface area (Å²) in [6, 6.07) is 6.40. The molecule has 0 aromatic heterocycles. The van der Waals surface area contributed by atoms with E-state index >= 15 is 0 Å². The Labute approximate surface area is 144 Å². The fourth-order valence-electron chi connectivity index (χ4n) is 2.89. The smallest absolute Gasteiger partial charge is 0.133 e. The number of hydrogen-bond donors (Lipinski definition) is 0. The summed E-state index contributed by atoms with van der Waals surface area (Å²) in [7, 11) is 1.68. The highest BCUT2D eigenvalue weighted by Gasteiger charge is 2.25. The molecule has 0 N–H and O–H groups in total. The van der Waals surface area contributed by atoms with Gasteiger partial charge in [-0.2, -0.15) is 0 Å². The van der Waals surface area contributed by atoms with Crippen LogP contribution in [0, 0.1) is 11.8 Å². The highest BCUT2D eigenvalue weighted by Crippen LogP contribution is 2.42. The summed E-state index contributed by atoms with van der Waals surface area (Å²) >= 11 is 7.52. The number of benzene rings is 1. The van der Waals surface area contributed by atoms with Crippen LogP contribution in [0.3, 0.4) is 0 Å². The molecule has 2 nitrogen and oxygen atoms in total. The third-order valence-electron chi connectivity index (χ3n) is 4.29. The lowest BCUT2D eigenvalue weighted by Crippen LogP contribution is -2.16. The van der Waals surface area contributed by atoms with E-state index < -0.39 is 0 Å². The second-order valence-electron chi connectivity index (χ2n) is 5.95. The highest BCUT2D eigenvalue weighted by molar-refractivity contribution is 9.10. The maximum Gasteiger partial charge on any atom is 0.133 e. The predicted octanol–water partition coefficient (Wildman–Crippen LogP) is 5.74. The Kier molecular flexibility index (Phi) is 7.03. The van der Waals surface area contributed by atoms with Crippen LogP contribution in [-0.4, -0.2) is 20.3 Å². The minimum atomic E-state index is 0.439. The zero-order chi connectivity index (χ0) is 15.2. The number of rotatable bonds is 6. The first kappa shape index (κ1) is 17.3. The van der Waals surface area contributed by atoms with Gasteiger partial charge in [-0.05, 0) is 58.3 Å². The molecule has 2 rings (SSSR count). The van der Waals surface area contributed by atoms with Crippen LogP contribution in [0.2, 0.25) is 0 Å². The molecule has 1 aromatic rings. The van der Waals surface area contributed by atoms with Crippen molar-refractivity contribution >= 4 is 31.9 Å². The molecule has 118 valence electrons. The van der Waals surface area contributed by atoms with E-state index in [0.29, 0.717) is 18.0 Å². The Morgan fingerprint density at radius 3 is 2.52 bits per heavy atom. The molecule has 4 heteroatoms. The first-order chi connectivity index (χ1) is 10.1. The topological polar surface area (TPSA) is 18.5 Å². The minimum Gasteiger partial charge on any atom is -0.490 e. The van der Waals surface area contributed by atoms with Gasteiger partial charge in [0.05, 0.1) is 11.1 Å². The van der Waals surface area contributed by atoms with Crippen molar-refractivity contribution in [1.82, 2.24) is 0 Å². The van der Waals surface area contributed by atoms with E-state index in [2.05, 4.69) is 57.0 Å². The van der Waals surface area contributed by atoms with Gasteiger partial charge in [-0.3, -0.25) is 0 Å². The van der Waals surface area contributed by atoms with Crippen LogP contribution in [0.4, 0.5) is 0 Å². The van der Waals surface area contributed by atoms with Gasteiger partial charge in [0, 0.05) is 11.9 Å². The standard InChI is InChI=1S/C17H24Br2O2/c1-12-3-5-13(6-4-12)17(19)14-7-8-16(15(18)11-14)21-10-9-20-2/h7-8,11-13,17H,3-6,9-10H2,1-2H3. The van der Waals surface area contributed by atoms with Crippen LogP contribution >= 0.6 is 31.9 Å². The summed E-state index contributed by atoms with van der Waals surface area (Å²) in [5.74, 6) is 2.52. The van der Waals surface area contributed by atoms with Crippen molar-refractivity contribution in [3.05, 3.63) is 28.2 Å². The normalized spacial score (nSPS) is 23.8. The van der Waals surface area contributed by atoms with Gasteiger partial charge in [0.2, 0.25) is 0 Å². The summed E-state index contributed by atoms with van der Waals surface area (Å²) < 4.78 is 11.7. The van der Waals surface area contributed by atoms with Crippen LogP contribution in [0.1, 0.15) is 43.0 Å². The average Bonchev–Trinajstić information content (AvgIpc) is 2.49. The number of hydrogen-bond acceptors (Lipinski definition) is 2. The van der Waals surface area contributed by atoms with Crippen molar-refractivity contribution in [3.8, 4) is 5.75 Å². The molecule has 0 heterocycles. The summed E-state index contributed by atoms with van der Waals surface area (Å²) in [6.45, 7) is 3.55. The molecule has 1 saturated carbocycles. The Morgan fingerprint density at radius 2 is 1.90 bits per heavy atom. The van der Waals surface area contributed by atoms with E-state index in [1.165, 1.54) is 31.2 Å². The molecule has 21 heavy (non-hydrogen) atoms. The van der Waals surface area contributed by atoms with Crippen LogP contribution in [-0.2, 0) is 4.74 Å². The molecule has 1 aliphatic rings. The van der Waals surface area contributed by atoms with E-state index in [1.807, 2.05) is 0 Å². The monoisotopic (exact) mass is 418 g/mol. The maximum atomic E-state index is 5.68. The van der Waals surface area contributed by atoms with Crippen molar-refractivity contribution < 1.29 is 9.47 Å². The molecular weight excluding hydrogens is 396 g/mol. The minimum absolute atomic E-state index is 0.439. The van der Waals surface area contributed by atoms with Gasteiger partial charge in [0.25, 0.3) is 0 Å². The lowest BCUT2D eigenvalue weighted by atomic mass is 9.80.